The Morgan fingerprint density at radius 3 is 1.82 bits per heavy atom. The van der Waals surface area contributed by atoms with Crippen molar-refractivity contribution < 1.29 is 4.74 Å². The molecule has 0 saturated carbocycles. The van der Waals surface area contributed by atoms with Gasteiger partial charge in [0, 0.05) is 9.79 Å². The summed E-state index contributed by atoms with van der Waals surface area (Å²) in [7, 11) is 0. The Bertz CT molecular complexity index is 703. The van der Waals surface area contributed by atoms with Crippen molar-refractivity contribution in [2.24, 2.45) is 0 Å². The van der Waals surface area contributed by atoms with Gasteiger partial charge in [0.1, 0.15) is 5.75 Å². The van der Waals surface area contributed by atoms with E-state index in [1.54, 1.807) is 11.8 Å². The summed E-state index contributed by atoms with van der Waals surface area (Å²) in [5, 5.41) is 0. The zero-order chi connectivity index (χ0) is 15.2. The van der Waals surface area contributed by atoms with E-state index in [1.807, 2.05) is 25.1 Å². The molecule has 1 nitrogen and oxygen atoms in total. The van der Waals surface area contributed by atoms with Crippen LogP contribution in [0, 0.1) is 0 Å². The summed E-state index contributed by atoms with van der Waals surface area (Å²) >= 11 is 1.78. The maximum atomic E-state index is 5.48. The summed E-state index contributed by atoms with van der Waals surface area (Å²) in [4.78, 5) is 2.51. The van der Waals surface area contributed by atoms with Gasteiger partial charge in [-0.15, -0.1) is 0 Å². The molecule has 3 rings (SSSR count). The number of hydrogen-bond acceptors (Lipinski definition) is 2. The smallest absolute Gasteiger partial charge is 0.119 e. The summed E-state index contributed by atoms with van der Waals surface area (Å²) in [6.45, 7) is 2.70. The van der Waals surface area contributed by atoms with E-state index in [2.05, 4.69) is 60.7 Å². The minimum absolute atomic E-state index is 0.699. The highest BCUT2D eigenvalue weighted by atomic mass is 32.2. The maximum Gasteiger partial charge on any atom is 0.119 e. The van der Waals surface area contributed by atoms with Gasteiger partial charge in [0.15, 0.2) is 0 Å². The molecule has 0 fully saturated rings. The van der Waals surface area contributed by atoms with Gasteiger partial charge < -0.3 is 4.74 Å². The second-order valence-corrected chi connectivity index (χ2v) is 6.04. The standard InChI is InChI=1S/C20H18OS/c1-2-21-18-12-8-16(9-13-18)17-10-14-20(15-11-17)22-19-6-4-3-5-7-19/h3-15H,2H2,1H3. The van der Waals surface area contributed by atoms with Crippen LogP contribution in [-0.2, 0) is 0 Å². The van der Waals surface area contributed by atoms with Crippen molar-refractivity contribution >= 4 is 11.8 Å². The molecule has 0 amide bonds. The van der Waals surface area contributed by atoms with Crippen molar-refractivity contribution in [1.29, 1.82) is 0 Å². The maximum absolute atomic E-state index is 5.48. The van der Waals surface area contributed by atoms with Crippen LogP contribution in [0.1, 0.15) is 6.92 Å². The average molecular weight is 306 g/mol. The highest BCUT2D eigenvalue weighted by Gasteiger charge is 2.01. The summed E-state index contributed by atoms with van der Waals surface area (Å²) in [6.07, 6.45) is 0. The van der Waals surface area contributed by atoms with Gasteiger partial charge in [0.2, 0.25) is 0 Å². The van der Waals surface area contributed by atoms with Crippen molar-refractivity contribution in [2.45, 2.75) is 16.7 Å². The van der Waals surface area contributed by atoms with Crippen LogP contribution >= 0.6 is 11.8 Å². The third-order valence-corrected chi connectivity index (χ3v) is 4.35. The number of ether oxygens (including phenoxy) is 1. The fourth-order valence-corrected chi connectivity index (χ4v) is 3.09. The molecular weight excluding hydrogens is 288 g/mol. The fourth-order valence-electron chi connectivity index (χ4n) is 2.25. The van der Waals surface area contributed by atoms with E-state index >= 15 is 0 Å². The summed E-state index contributed by atoms with van der Waals surface area (Å²) < 4.78 is 5.48. The first kappa shape index (κ1) is 14.7. The second kappa shape index (κ2) is 7.19. The van der Waals surface area contributed by atoms with E-state index in [9.17, 15) is 0 Å². The van der Waals surface area contributed by atoms with Gasteiger partial charge in [-0.3, -0.25) is 0 Å². The highest BCUT2D eigenvalue weighted by Crippen LogP contribution is 2.30. The van der Waals surface area contributed by atoms with Crippen LogP contribution in [0.3, 0.4) is 0 Å². The van der Waals surface area contributed by atoms with Crippen LogP contribution in [0.25, 0.3) is 11.1 Å². The van der Waals surface area contributed by atoms with E-state index in [-0.39, 0.29) is 0 Å². The van der Waals surface area contributed by atoms with Crippen molar-refractivity contribution in [2.75, 3.05) is 6.61 Å². The van der Waals surface area contributed by atoms with E-state index in [0.29, 0.717) is 6.61 Å². The Morgan fingerprint density at radius 1 is 0.682 bits per heavy atom. The largest absolute Gasteiger partial charge is 0.494 e. The lowest BCUT2D eigenvalue weighted by molar-refractivity contribution is 0.340. The molecule has 0 spiro atoms. The van der Waals surface area contributed by atoms with E-state index in [0.717, 1.165) is 5.75 Å². The quantitative estimate of drug-likeness (QED) is 0.580. The molecule has 0 unspecified atom stereocenters. The molecule has 110 valence electrons. The normalized spacial score (nSPS) is 10.4. The number of hydrogen-bond donors (Lipinski definition) is 0. The summed E-state index contributed by atoms with van der Waals surface area (Å²) in [5.41, 5.74) is 2.43. The van der Waals surface area contributed by atoms with Crippen LogP contribution < -0.4 is 4.74 Å². The van der Waals surface area contributed by atoms with E-state index < -0.39 is 0 Å². The number of benzene rings is 3. The molecule has 0 heterocycles. The Hall–Kier alpha value is -2.19. The first-order chi connectivity index (χ1) is 10.8. The van der Waals surface area contributed by atoms with Gasteiger partial charge >= 0.3 is 0 Å². The topological polar surface area (TPSA) is 9.23 Å². The average Bonchev–Trinajstić information content (AvgIpc) is 2.58. The lowest BCUT2D eigenvalue weighted by Gasteiger charge is -2.06. The third-order valence-electron chi connectivity index (χ3n) is 3.33. The minimum Gasteiger partial charge on any atom is -0.494 e. The first-order valence-electron chi connectivity index (χ1n) is 7.41. The van der Waals surface area contributed by atoms with Gasteiger partial charge in [-0.1, -0.05) is 54.2 Å². The van der Waals surface area contributed by atoms with E-state index in [4.69, 9.17) is 4.74 Å². The van der Waals surface area contributed by atoms with Crippen LogP contribution in [0.2, 0.25) is 0 Å². The minimum atomic E-state index is 0.699. The van der Waals surface area contributed by atoms with Crippen molar-refractivity contribution in [3.8, 4) is 16.9 Å². The zero-order valence-corrected chi connectivity index (χ0v) is 13.3. The Kier molecular flexibility index (Phi) is 4.81. The van der Waals surface area contributed by atoms with Crippen LogP contribution in [0.15, 0.2) is 88.7 Å². The molecule has 0 radical (unpaired) electrons. The predicted molar refractivity (Wildman–Crippen MR) is 93.6 cm³/mol. The lowest BCUT2D eigenvalue weighted by Crippen LogP contribution is -1.90. The van der Waals surface area contributed by atoms with E-state index in [1.165, 1.54) is 20.9 Å². The molecule has 0 aliphatic heterocycles. The second-order valence-electron chi connectivity index (χ2n) is 4.90. The van der Waals surface area contributed by atoms with Crippen molar-refractivity contribution in [3.63, 3.8) is 0 Å². The van der Waals surface area contributed by atoms with Gasteiger partial charge in [0.25, 0.3) is 0 Å². The first-order valence-corrected chi connectivity index (χ1v) is 8.23. The zero-order valence-electron chi connectivity index (χ0n) is 12.5. The third kappa shape index (κ3) is 3.71. The summed E-state index contributed by atoms with van der Waals surface area (Å²) in [6, 6.07) is 27.4. The Labute approximate surface area is 136 Å². The Balaban J connectivity index is 1.73. The van der Waals surface area contributed by atoms with Crippen LogP contribution in [0.5, 0.6) is 5.75 Å². The fraction of sp³-hybridized carbons (Fsp3) is 0.100. The SMILES string of the molecule is CCOc1ccc(-c2ccc(Sc3ccccc3)cc2)cc1. The molecule has 22 heavy (non-hydrogen) atoms. The molecule has 3 aromatic rings. The molecular formula is C20H18OS. The monoisotopic (exact) mass is 306 g/mol. The highest BCUT2D eigenvalue weighted by molar-refractivity contribution is 7.99. The Morgan fingerprint density at radius 2 is 1.23 bits per heavy atom. The van der Waals surface area contributed by atoms with Crippen molar-refractivity contribution in [1.82, 2.24) is 0 Å². The molecule has 3 aromatic carbocycles. The molecule has 0 aromatic heterocycles. The lowest BCUT2D eigenvalue weighted by atomic mass is 10.1. The molecule has 2 heteroatoms. The van der Waals surface area contributed by atoms with Crippen LogP contribution in [-0.4, -0.2) is 6.61 Å². The van der Waals surface area contributed by atoms with Gasteiger partial charge in [-0.2, -0.15) is 0 Å². The van der Waals surface area contributed by atoms with Gasteiger partial charge in [-0.05, 0) is 54.4 Å². The van der Waals surface area contributed by atoms with Crippen molar-refractivity contribution in [3.05, 3.63) is 78.9 Å². The van der Waals surface area contributed by atoms with Gasteiger partial charge in [0.05, 0.1) is 6.61 Å². The van der Waals surface area contributed by atoms with Gasteiger partial charge in [-0.25, -0.2) is 0 Å². The van der Waals surface area contributed by atoms with Crippen LogP contribution in [0.4, 0.5) is 0 Å². The molecule has 0 N–H and O–H groups in total. The summed E-state index contributed by atoms with van der Waals surface area (Å²) in [5.74, 6) is 0.919. The molecule has 0 saturated heterocycles. The molecule has 0 aliphatic rings. The molecule has 0 bridgehead atoms. The molecule has 0 atom stereocenters. The number of rotatable bonds is 5. The predicted octanol–water partition coefficient (Wildman–Crippen LogP) is 5.90. The molecule has 0 aliphatic carbocycles.